The number of amides is 2. The molecule has 1 aromatic rings. The summed E-state index contributed by atoms with van der Waals surface area (Å²) in [7, 11) is 0. The lowest BCUT2D eigenvalue weighted by Crippen LogP contribution is -3.28. The molecule has 0 aromatic heterocycles. The van der Waals surface area contributed by atoms with Gasteiger partial charge in [-0.1, -0.05) is 29.8 Å². The fourth-order valence-electron chi connectivity index (χ4n) is 3.26. The maximum atomic E-state index is 12.0. The van der Waals surface area contributed by atoms with Gasteiger partial charge < -0.3 is 20.4 Å². The zero-order valence-electron chi connectivity index (χ0n) is 15.7. The zero-order chi connectivity index (χ0) is 18.2. The van der Waals surface area contributed by atoms with Crippen LogP contribution in [-0.4, -0.2) is 57.1 Å². The van der Waals surface area contributed by atoms with Gasteiger partial charge in [0, 0.05) is 11.6 Å². The Morgan fingerprint density at radius 3 is 2.40 bits per heavy atom. The molecule has 4 N–H and O–H groups in total. The molecule has 2 rings (SSSR count). The van der Waals surface area contributed by atoms with E-state index in [4.69, 9.17) is 0 Å². The lowest BCUT2D eigenvalue weighted by Gasteiger charge is -2.29. The maximum Gasteiger partial charge on any atom is 0.275 e. The summed E-state index contributed by atoms with van der Waals surface area (Å²) in [6.07, 6.45) is 0. The van der Waals surface area contributed by atoms with Crippen LogP contribution in [-0.2, 0) is 16.1 Å². The Bertz CT molecular complexity index is 581. The Labute approximate surface area is 150 Å². The molecule has 0 atom stereocenters. The van der Waals surface area contributed by atoms with Crippen molar-refractivity contribution in [2.24, 2.45) is 0 Å². The zero-order valence-corrected chi connectivity index (χ0v) is 15.7. The Kier molecular flexibility index (Phi) is 7.40. The summed E-state index contributed by atoms with van der Waals surface area (Å²) in [5.74, 6) is -0.179. The lowest BCUT2D eigenvalue weighted by atomic mass is 10.1. The molecule has 1 heterocycles. The Balaban J connectivity index is 1.66. The molecule has 2 amide bonds. The highest BCUT2D eigenvalue weighted by molar-refractivity contribution is 5.85. The summed E-state index contributed by atoms with van der Waals surface area (Å²) in [6.45, 7) is 11.6. The molecule has 1 aliphatic heterocycles. The number of benzene rings is 1. The number of carbonyl (C=O) groups excluding carboxylic acids is 2. The molecule has 6 nitrogen and oxygen atoms in total. The van der Waals surface area contributed by atoms with Crippen LogP contribution in [0.3, 0.4) is 0 Å². The first-order chi connectivity index (χ1) is 11.9. The van der Waals surface area contributed by atoms with Crippen molar-refractivity contribution in [3.05, 3.63) is 35.4 Å². The van der Waals surface area contributed by atoms with E-state index in [0.29, 0.717) is 6.54 Å². The Hall–Kier alpha value is -1.92. The van der Waals surface area contributed by atoms with Crippen molar-refractivity contribution in [1.29, 1.82) is 0 Å². The SMILES string of the molecule is Cc1cccc(C[NH+]2CC[NH+](CC(=O)NCC(=O)NC(C)C)CC2)c1. The van der Waals surface area contributed by atoms with Gasteiger partial charge in [-0.05, 0) is 20.8 Å². The van der Waals surface area contributed by atoms with Crippen LogP contribution in [0.25, 0.3) is 0 Å². The number of quaternary nitrogens is 2. The van der Waals surface area contributed by atoms with Gasteiger partial charge in [0.25, 0.3) is 5.91 Å². The second kappa shape index (κ2) is 9.53. The second-order valence-electron chi connectivity index (χ2n) is 7.34. The highest BCUT2D eigenvalue weighted by Gasteiger charge is 2.24. The molecular weight excluding hydrogens is 316 g/mol. The molecule has 0 aliphatic carbocycles. The number of piperazine rings is 1. The van der Waals surface area contributed by atoms with Gasteiger partial charge in [0.15, 0.2) is 6.54 Å². The predicted octanol–water partition coefficient (Wildman–Crippen LogP) is -2.08. The minimum absolute atomic E-state index is 0.0453. The van der Waals surface area contributed by atoms with Gasteiger partial charge in [-0.3, -0.25) is 9.59 Å². The van der Waals surface area contributed by atoms with Crippen molar-refractivity contribution < 1.29 is 19.4 Å². The first-order valence-electron chi connectivity index (χ1n) is 9.21. The van der Waals surface area contributed by atoms with Crippen LogP contribution >= 0.6 is 0 Å². The van der Waals surface area contributed by atoms with Crippen LogP contribution in [0.1, 0.15) is 25.0 Å². The molecule has 0 spiro atoms. The van der Waals surface area contributed by atoms with E-state index in [-0.39, 0.29) is 24.4 Å². The Morgan fingerprint density at radius 1 is 1.08 bits per heavy atom. The van der Waals surface area contributed by atoms with Crippen LogP contribution < -0.4 is 20.4 Å². The van der Waals surface area contributed by atoms with E-state index in [1.54, 1.807) is 4.90 Å². The Morgan fingerprint density at radius 2 is 1.76 bits per heavy atom. The fourth-order valence-corrected chi connectivity index (χ4v) is 3.26. The monoisotopic (exact) mass is 348 g/mol. The molecular formula is C19H32N4O2+2. The molecule has 0 unspecified atom stereocenters. The van der Waals surface area contributed by atoms with Crippen molar-refractivity contribution in [3.8, 4) is 0 Å². The van der Waals surface area contributed by atoms with Gasteiger partial charge in [0.1, 0.15) is 32.7 Å². The summed E-state index contributed by atoms with van der Waals surface area (Å²) in [5, 5.41) is 5.48. The molecule has 25 heavy (non-hydrogen) atoms. The molecule has 1 fully saturated rings. The van der Waals surface area contributed by atoms with Gasteiger partial charge in [-0.25, -0.2) is 0 Å². The average Bonchev–Trinajstić information content (AvgIpc) is 2.54. The number of hydrogen-bond donors (Lipinski definition) is 4. The summed E-state index contributed by atoms with van der Waals surface area (Å²) < 4.78 is 0. The van der Waals surface area contributed by atoms with Crippen molar-refractivity contribution >= 4 is 11.8 Å². The average molecular weight is 348 g/mol. The largest absolute Gasteiger partial charge is 0.352 e. The summed E-state index contributed by atoms with van der Waals surface area (Å²) in [6, 6.07) is 8.78. The van der Waals surface area contributed by atoms with Crippen LogP contribution in [0, 0.1) is 6.92 Å². The number of rotatable bonds is 7. The van der Waals surface area contributed by atoms with Gasteiger partial charge in [-0.2, -0.15) is 0 Å². The molecule has 1 saturated heterocycles. The third kappa shape index (κ3) is 7.23. The number of carbonyl (C=O) groups is 2. The van der Waals surface area contributed by atoms with Gasteiger partial charge in [0.05, 0.1) is 6.54 Å². The lowest BCUT2D eigenvalue weighted by molar-refractivity contribution is -1.02. The van der Waals surface area contributed by atoms with Crippen LogP contribution in [0.2, 0.25) is 0 Å². The second-order valence-corrected chi connectivity index (χ2v) is 7.34. The van der Waals surface area contributed by atoms with E-state index in [9.17, 15) is 9.59 Å². The van der Waals surface area contributed by atoms with E-state index in [1.807, 2.05) is 13.8 Å². The van der Waals surface area contributed by atoms with Crippen LogP contribution in [0.15, 0.2) is 24.3 Å². The van der Waals surface area contributed by atoms with Gasteiger partial charge >= 0.3 is 0 Å². The van der Waals surface area contributed by atoms with Gasteiger partial charge in [0.2, 0.25) is 5.91 Å². The first kappa shape index (κ1) is 19.4. The minimum Gasteiger partial charge on any atom is -0.352 e. The van der Waals surface area contributed by atoms with E-state index < -0.39 is 0 Å². The molecule has 6 heteroatoms. The minimum atomic E-state index is -0.134. The maximum absolute atomic E-state index is 12.0. The van der Waals surface area contributed by atoms with Crippen molar-refractivity contribution in [1.82, 2.24) is 10.6 Å². The van der Waals surface area contributed by atoms with E-state index in [2.05, 4.69) is 41.8 Å². The van der Waals surface area contributed by atoms with Crippen molar-refractivity contribution in [3.63, 3.8) is 0 Å². The standard InChI is InChI=1S/C19H30N4O2/c1-15(2)21-18(24)12-20-19(25)14-23-9-7-22(8-10-23)13-17-6-4-5-16(3)11-17/h4-6,11,15H,7-10,12-14H2,1-3H3,(H,20,25)(H,21,24)/p+2. The summed E-state index contributed by atoms with van der Waals surface area (Å²) >= 11 is 0. The number of aryl methyl sites for hydroxylation is 1. The van der Waals surface area contributed by atoms with Crippen LogP contribution in [0.5, 0.6) is 0 Å². The van der Waals surface area contributed by atoms with E-state index in [0.717, 1.165) is 32.7 Å². The summed E-state index contributed by atoms with van der Waals surface area (Å²) in [4.78, 5) is 26.4. The summed E-state index contributed by atoms with van der Waals surface area (Å²) in [5.41, 5.74) is 2.69. The van der Waals surface area contributed by atoms with E-state index >= 15 is 0 Å². The third-order valence-electron chi connectivity index (χ3n) is 4.51. The quantitative estimate of drug-likeness (QED) is 0.457. The highest BCUT2D eigenvalue weighted by atomic mass is 16.2. The smallest absolute Gasteiger partial charge is 0.275 e. The molecule has 1 aromatic carbocycles. The fraction of sp³-hybridized carbons (Fsp3) is 0.579. The molecule has 1 aliphatic rings. The van der Waals surface area contributed by atoms with Gasteiger partial charge in [-0.15, -0.1) is 0 Å². The molecule has 138 valence electrons. The van der Waals surface area contributed by atoms with E-state index in [1.165, 1.54) is 16.0 Å². The molecule has 0 radical (unpaired) electrons. The third-order valence-corrected chi connectivity index (χ3v) is 4.51. The molecule has 0 saturated carbocycles. The topological polar surface area (TPSA) is 67.1 Å². The first-order valence-corrected chi connectivity index (χ1v) is 9.21. The molecule has 0 bridgehead atoms. The van der Waals surface area contributed by atoms with Crippen molar-refractivity contribution in [2.75, 3.05) is 39.3 Å². The normalized spacial score (nSPS) is 20.3. The number of nitrogens with one attached hydrogen (secondary N) is 4. The highest BCUT2D eigenvalue weighted by Crippen LogP contribution is 2.01. The van der Waals surface area contributed by atoms with Crippen molar-refractivity contribution in [2.45, 2.75) is 33.4 Å². The van der Waals surface area contributed by atoms with Crippen LogP contribution in [0.4, 0.5) is 0 Å². The predicted molar refractivity (Wildman–Crippen MR) is 97.4 cm³/mol. The number of hydrogen-bond acceptors (Lipinski definition) is 2.